The maximum Gasteiger partial charge on any atom is 0.0752 e. The molecule has 0 saturated carbocycles. The SMILES string of the molecule is Nc1cnn2c1CNCC2. The van der Waals surface area contributed by atoms with Gasteiger partial charge in [0.2, 0.25) is 0 Å². The predicted molar refractivity (Wildman–Crippen MR) is 38.3 cm³/mol. The van der Waals surface area contributed by atoms with Crippen LogP contribution in [0.2, 0.25) is 0 Å². The van der Waals surface area contributed by atoms with Gasteiger partial charge in [0.1, 0.15) is 0 Å². The molecule has 0 radical (unpaired) electrons. The smallest absolute Gasteiger partial charge is 0.0752 e. The summed E-state index contributed by atoms with van der Waals surface area (Å²) in [5, 5.41) is 7.34. The molecule has 1 aromatic heterocycles. The number of nitrogens with one attached hydrogen (secondary N) is 1. The Balaban J connectivity index is 2.45. The average Bonchev–Trinajstić information content (AvgIpc) is 2.34. The van der Waals surface area contributed by atoms with E-state index in [0.29, 0.717) is 0 Å². The lowest BCUT2D eigenvalue weighted by Gasteiger charge is -2.14. The fourth-order valence-electron chi connectivity index (χ4n) is 1.20. The van der Waals surface area contributed by atoms with Crippen LogP contribution in [0.3, 0.4) is 0 Å². The number of nitrogens with two attached hydrogens (primary N) is 1. The van der Waals surface area contributed by atoms with Crippen LogP contribution in [0.5, 0.6) is 0 Å². The fourth-order valence-corrected chi connectivity index (χ4v) is 1.20. The lowest BCUT2D eigenvalue weighted by atomic mass is 10.3. The molecule has 0 spiro atoms. The van der Waals surface area contributed by atoms with Crippen molar-refractivity contribution in [3.63, 3.8) is 0 Å². The first kappa shape index (κ1) is 5.73. The Hall–Kier alpha value is -1.03. The number of nitrogen functional groups attached to an aromatic ring is 1. The standard InChI is InChI=1S/C6H10N4/c7-5-3-9-10-2-1-8-4-6(5)10/h3,8H,1-2,4,7H2. The molecule has 54 valence electrons. The van der Waals surface area contributed by atoms with Gasteiger partial charge >= 0.3 is 0 Å². The van der Waals surface area contributed by atoms with E-state index in [0.717, 1.165) is 31.0 Å². The summed E-state index contributed by atoms with van der Waals surface area (Å²) in [5.41, 5.74) is 7.55. The lowest BCUT2D eigenvalue weighted by molar-refractivity contribution is 0.476. The second-order valence-electron chi connectivity index (χ2n) is 2.45. The maximum atomic E-state index is 5.64. The molecule has 0 aliphatic carbocycles. The van der Waals surface area contributed by atoms with Crippen molar-refractivity contribution in [2.45, 2.75) is 13.1 Å². The van der Waals surface area contributed by atoms with Gasteiger partial charge in [-0.1, -0.05) is 0 Å². The molecule has 1 aromatic rings. The minimum atomic E-state index is 0.798. The second kappa shape index (κ2) is 1.98. The summed E-state index contributed by atoms with van der Waals surface area (Å²) in [7, 11) is 0. The lowest BCUT2D eigenvalue weighted by Crippen LogP contribution is -2.28. The Morgan fingerprint density at radius 2 is 2.60 bits per heavy atom. The van der Waals surface area contributed by atoms with E-state index in [-0.39, 0.29) is 0 Å². The summed E-state index contributed by atoms with van der Waals surface area (Å²) < 4.78 is 1.95. The van der Waals surface area contributed by atoms with Crippen molar-refractivity contribution in [3.8, 4) is 0 Å². The van der Waals surface area contributed by atoms with Crippen molar-refractivity contribution in [1.29, 1.82) is 0 Å². The van der Waals surface area contributed by atoms with Gasteiger partial charge < -0.3 is 11.1 Å². The normalized spacial score (nSPS) is 16.8. The van der Waals surface area contributed by atoms with Crippen LogP contribution >= 0.6 is 0 Å². The molecular weight excluding hydrogens is 128 g/mol. The molecule has 0 saturated heterocycles. The Morgan fingerprint density at radius 3 is 3.40 bits per heavy atom. The summed E-state index contributed by atoms with van der Waals surface area (Å²) in [6, 6.07) is 0. The van der Waals surface area contributed by atoms with Crippen LogP contribution in [0.4, 0.5) is 5.69 Å². The molecule has 1 aliphatic rings. The van der Waals surface area contributed by atoms with Crippen molar-refractivity contribution in [3.05, 3.63) is 11.9 Å². The highest BCUT2D eigenvalue weighted by Gasteiger charge is 2.10. The zero-order valence-electron chi connectivity index (χ0n) is 5.67. The van der Waals surface area contributed by atoms with E-state index >= 15 is 0 Å². The average molecular weight is 138 g/mol. The predicted octanol–water partition coefficient (Wildman–Crippen LogP) is -0.432. The highest BCUT2D eigenvalue weighted by molar-refractivity contribution is 5.41. The van der Waals surface area contributed by atoms with E-state index in [9.17, 15) is 0 Å². The first-order valence-corrected chi connectivity index (χ1v) is 3.39. The highest BCUT2D eigenvalue weighted by atomic mass is 15.3. The number of nitrogens with zero attached hydrogens (tertiary/aromatic N) is 2. The number of anilines is 1. The van der Waals surface area contributed by atoms with Crippen molar-refractivity contribution < 1.29 is 0 Å². The van der Waals surface area contributed by atoms with Crippen molar-refractivity contribution >= 4 is 5.69 Å². The first-order chi connectivity index (χ1) is 4.88. The molecular formula is C6H10N4. The molecule has 0 fully saturated rings. The van der Waals surface area contributed by atoms with Crippen molar-refractivity contribution in [1.82, 2.24) is 15.1 Å². The molecule has 0 bridgehead atoms. The number of hydrogen-bond acceptors (Lipinski definition) is 3. The van der Waals surface area contributed by atoms with E-state index < -0.39 is 0 Å². The van der Waals surface area contributed by atoms with Crippen LogP contribution in [0.1, 0.15) is 5.69 Å². The van der Waals surface area contributed by atoms with E-state index in [1.807, 2.05) is 4.68 Å². The van der Waals surface area contributed by atoms with Crippen molar-refractivity contribution in [2.24, 2.45) is 0 Å². The molecule has 0 atom stereocenters. The molecule has 1 aliphatic heterocycles. The van der Waals surface area contributed by atoms with Crippen LogP contribution in [-0.2, 0) is 13.1 Å². The summed E-state index contributed by atoms with van der Waals surface area (Å²) in [5.74, 6) is 0. The largest absolute Gasteiger partial charge is 0.396 e. The van der Waals surface area contributed by atoms with Crippen molar-refractivity contribution in [2.75, 3.05) is 12.3 Å². The van der Waals surface area contributed by atoms with E-state index in [1.54, 1.807) is 6.20 Å². The molecule has 4 nitrogen and oxygen atoms in total. The maximum absolute atomic E-state index is 5.64. The zero-order valence-corrected chi connectivity index (χ0v) is 5.67. The Labute approximate surface area is 59.0 Å². The van der Waals surface area contributed by atoms with Gasteiger partial charge in [-0.3, -0.25) is 4.68 Å². The van der Waals surface area contributed by atoms with Crippen LogP contribution in [0.15, 0.2) is 6.20 Å². The Kier molecular flexibility index (Phi) is 1.14. The molecule has 2 heterocycles. The molecule has 0 unspecified atom stereocenters. The molecule has 3 N–H and O–H groups in total. The van der Waals surface area contributed by atoms with Gasteiger partial charge in [-0.2, -0.15) is 5.10 Å². The van der Waals surface area contributed by atoms with Gasteiger partial charge in [0.15, 0.2) is 0 Å². The Morgan fingerprint density at radius 1 is 1.70 bits per heavy atom. The van der Waals surface area contributed by atoms with Gasteiger partial charge in [-0.25, -0.2) is 0 Å². The summed E-state index contributed by atoms with van der Waals surface area (Å²) in [6.45, 7) is 2.78. The minimum Gasteiger partial charge on any atom is -0.396 e. The molecule has 10 heavy (non-hydrogen) atoms. The highest BCUT2D eigenvalue weighted by Crippen LogP contribution is 2.11. The van der Waals surface area contributed by atoms with E-state index in [4.69, 9.17) is 5.73 Å². The molecule has 0 aromatic carbocycles. The first-order valence-electron chi connectivity index (χ1n) is 3.39. The zero-order chi connectivity index (χ0) is 6.97. The monoisotopic (exact) mass is 138 g/mol. The van der Waals surface area contributed by atoms with Gasteiger partial charge in [0, 0.05) is 13.1 Å². The number of aromatic nitrogens is 2. The number of fused-ring (bicyclic) bond motifs is 1. The minimum absolute atomic E-state index is 0.798. The quantitative estimate of drug-likeness (QED) is 0.511. The third kappa shape index (κ3) is 0.690. The van der Waals surface area contributed by atoms with Crippen LogP contribution in [-0.4, -0.2) is 16.3 Å². The molecule has 0 amide bonds. The van der Waals surface area contributed by atoms with Crippen LogP contribution in [0, 0.1) is 0 Å². The molecule has 2 rings (SSSR count). The van der Waals surface area contributed by atoms with Gasteiger partial charge in [-0.05, 0) is 0 Å². The van der Waals surface area contributed by atoms with Crippen LogP contribution in [0.25, 0.3) is 0 Å². The molecule has 4 heteroatoms. The third-order valence-corrected chi connectivity index (χ3v) is 1.77. The number of rotatable bonds is 0. The van der Waals surface area contributed by atoms with E-state index in [2.05, 4.69) is 10.4 Å². The number of hydrogen-bond donors (Lipinski definition) is 2. The third-order valence-electron chi connectivity index (χ3n) is 1.77. The summed E-state index contributed by atoms with van der Waals surface area (Å²) >= 11 is 0. The van der Waals surface area contributed by atoms with Gasteiger partial charge in [0.05, 0.1) is 24.1 Å². The fraction of sp³-hybridized carbons (Fsp3) is 0.500. The van der Waals surface area contributed by atoms with Gasteiger partial charge in [0.25, 0.3) is 0 Å². The summed E-state index contributed by atoms with van der Waals surface area (Å²) in [4.78, 5) is 0. The Bertz CT molecular complexity index is 240. The van der Waals surface area contributed by atoms with E-state index in [1.165, 1.54) is 0 Å². The van der Waals surface area contributed by atoms with Gasteiger partial charge in [-0.15, -0.1) is 0 Å². The summed E-state index contributed by atoms with van der Waals surface area (Å²) in [6.07, 6.45) is 1.71. The van der Waals surface area contributed by atoms with Crippen LogP contribution < -0.4 is 11.1 Å². The second-order valence-corrected chi connectivity index (χ2v) is 2.45. The topological polar surface area (TPSA) is 55.9 Å².